The fraction of sp³-hybridized carbons (Fsp3) is 0.706. The Kier molecular flexibility index (Phi) is 4.84. The molecule has 1 aromatic rings. The van der Waals surface area contributed by atoms with Gasteiger partial charge in [0.25, 0.3) is 5.91 Å². The molecule has 0 bridgehead atoms. The lowest BCUT2D eigenvalue weighted by atomic mass is 9.82. The zero-order valence-corrected chi connectivity index (χ0v) is 13.4. The van der Waals surface area contributed by atoms with Crippen molar-refractivity contribution in [1.82, 2.24) is 9.80 Å². The predicted molar refractivity (Wildman–Crippen MR) is 83.8 cm³/mol. The van der Waals surface area contributed by atoms with Gasteiger partial charge < -0.3 is 19.0 Å². The van der Waals surface area contributed by atoms with Crippen LogP contribution in [0.1, 0.15) is 36.5 Å². The van der Waals surface area contributed by atoms with Crippen LogP contribution in [0.25, 0.3) is 0 Å². The van der Waals surface area contributed by atoms with Crippen molar-refractivity contribution in [2.75, 3.05) is 45.9 Å². The van der Waals surface area contributed by atoms with E-state index < -0.39 is 0 Å². The number of hydrogen-bond acceptors (Lipinski definition) is 4. The minimum atomic E-state index is 0.0906. The summed E-state index contributed by atoms with van der Waals surface area (Å²) in [5.41, 5.74) is 1.02. The number of carbonyl (C=O) groups is 1. The van der Waals surface area contributed by atoms with Crippen LogP contribution in [0.4, 0.5) is 0 Å². The van der Waals surface area contributed by atoms with E-state index in [-0.39, 0.29) is 5.91 Å². The molecule has 2 aliphatic rings. The highest BCUT2D eigenvalue weighted by Gasteiger charge is 2.30. The van der Waals surface area contributed by atoms with Gasteiger partial charge >= 0.3 is 0 Å². The van der Waals surface area contributed by atoms with E-state index in [1.165, 1.54) is 6.26 Å². The standard InChI is InChI=1S/C17H26N2O3/c1-17(4-11-21-12-5-17)14-18-6-2-7-19(9-8-18)16(20)15-3-10-22-13-15/h3,10,13H,2,4-9,11-12,14H2,1H3. The van der Waals surface area contributed by atoms with Gasteiger partial charge in [-0.3, -0.25) is 4.79 Å². The van der Waals surface area contributed by atoms with Gasteiger partial charge in [-0.15, -0.1) is 0 Å². The number of nitrogens with zero attached hydrogens (tertiary/aromatic N) is 2. The monoisotopic (exact) mass is 306 g/mol. The lowest BCUT2D eigenvalue weighted by Crippen LogP contribution is -2.41. The van der Waals surface area contributed by atoms with Crippen LogP contribution in [-0.2, 0) is 4.74 Å². The molecule has 122 valence electrons. The zero-order chi connectivity index (χ0) is 15.4. The second-order valence-electron chi connectivity index (χ2n) is 6.86. The van der Waals surface area contributed by atoms with Crippen LogP contribution in [0.3, 0.4) is 0 Å². The van der Waals surface area contributed by atoms with E-state index in [2.05, 4.69) is 11.8 Å². The molecule has 2 fully saturated rings. The number of rotatable bonds is 3. The highest BCUT2D eigenvalue weighted by atomic mass is 16.5. The molecule has 1 aromatic heterocycles. The number of amides is 1. The van der Waals surface area contributed by atoms with Crippen molar-refractivity contribution in [3.8, 4) is 0 Å². The van der Waals surface area contributed by atoms with Crippen LogP contribution < -0.4 is 0 Å². The van der Waals surface area contributed by atoms with Gasteiger partial charge in [0.1, 0.15) is 6.26 Å². The Morgan fingerprint density at radius 2 is 2.05 bits per heavy atom. The molecule has 0 unspecified atom stereocenters. The quantitative estimate of drug-likeness (QED) is 0.859. The Bertz CT molecular complexity index is 480. The topological polar surface area (TPSA) is 45.9 Å². The van der Waals surface area contributed by atoms with Gasteiger partial charge in [-0.2, -0.15) is 0 Å². The average molecular weight is 306 g/mol. The van der Waals surface area contributed by atoms with Gasteiger partial charge in [-0.25, -0.2) is 0 Å². The first kappa shape index (κ1) is 15.6. The van der Waals surface area contributed by atoms with Gasteiger partial charge in [0.2, 0.25) is 0 Å². The second kappa shape index (κ2) is 6.84. The molecule has 0 aliphatic carbocycles. The molecule has 1 amide bonds. The van der Waals surface area contributed by atoms with Crippen molar-refractivity contribution in [2.24, 2.45) is 5.41 Å². The normalized spacial score (nSPS) is 23.2. The summed E-state index contributed by atoms with van der Waals surface area (Å²) in [5.74, 6) is 0.0906. The van der Waals surface area contributed by atoms with E-state index in [1.807, 2.05) is 4.90 Å². The molecular weight excluding hydrogens is 280 g/mol. The molecule has 3 rings (SSSR count). The fourth-order valence-electron chi connectivity index (χ4n) is 3.46. The van der Waals surface area contributed by atoms with Crippen LogP contribution >= 0.6 is 0 Å². The summed E-state index contributed by atoms with van der Waals surface area (Å²) in [6.45, 7) is 8.92. The maximum absolute atomic E-state index is 12.4. The van der Waals surface area contributed by atoms with Crippen molar-refractivity contribution >= 4 is 5.91 Å². The number of carbonyl (C=O) groups excluding carboxylic acids is 1. The van der Waals surface area contributed by atoms with Crippen LogP contribution in [0.15, 0.2) is 23.0 Å². The number of hydrogen-bond donors (Lipinski definition) is 0. The van der Waals surface area contributed by atoms with Crippen LogP contribution in [0, 0.1) is 5.41 Å². The van der Waals surface area contributed by atoms with E-state index in [0.29, 0.717) is 11.0 Å². The maximum atomic E-state index is 12.4. The van der Waals surface area contributed by atoms with E-state index in [9.17, 15) is 4.79 Å². The maximum Gasteiger partial charge on any atom is 0.257 e. The summed E-state index contributed by atoms with van der Waals surface area (Å²) in [4.78, 5) is 16.9. The Balaban J connectivity index is 1.54. The third-order valence-electron chi connectivity index (χ3n) is 4.95. The first-order valence-corrected chi connectivity index (χ1v) is 8.28. The van der Waals surface area contributed by atoms with Crippen LogP contribution in [0.2, 0.25) is 0 Å². The minimum Gasteiger partial charge on any atom is -0.472 e. The second-order valence-corrected chi connectivity index (χ2v) is 6.86. The van der Waals surface area contributed by atoms with Gasteiger partial charge in [0.15, 0.2) is 0 Å². The molecule has 0 saturated carbocycles. The molecule has 22 heavy (non-hydrogen) atoms. The summed E-state index contributed by atoms with van der Waals surface area (Å²) in [6, 6.07) is 1.74. The Labute approximate surface area is 132 Å². The molecule has 2 aliphatic heterocycles. The van der Waals surface area contributed by atoms with Crippen molar-refractivity contribution in [3.05, 3.63) is 24.2 Å². The Morgan fingerprint density at radius 3 is 2.77 bits per heavy atom. The van der Waals surface area contributed by atoms with E-state index >= 15 is 0 Å². The minimum absolute atomic E-state index is 0.0906. The predicted octanol–water partition coefficient (Wildman–Crippen LogP) is 2.24. The van der Waals surface area contributed by atoms with Crippen LogP contribution in [0.5, 0.6) is 0 Å². The average Bonchev–Trinajstić information content (AvgIpc) is 2.95. The molecule has 5 heteroatoms. The summed E-state index contributed by atoms with van der Waals surface area (Å²) in [7, 11) is 0. The molecule has 0 N–H and O–H groups in total. The summed E-state index contributed by atoms with van der Waals surface area (Å²) >= 11 is 0. The largest absolute Gasteiger partial charge is 0.472 e. The third-order valence-corrected chi connectivity index (χ3v) is 4.95. The Hall–Kier alpha value is -1.33. The zero-order valence-electron chi connectivity index (χ0n) is 13.4. The molecule has 0 radical (unpaired) electrons. The van der Waals surface area contributed by atoms with Crippen molar-refractivity contribution < 1.29 is 13.9 Å². The van der Waals surface area contributed by atoms with E-state index in [0.717, 1.165) is 65.2 Å². The molecular formula is C17H26N2O3. The van der Waals surface area contributed by atoms with E-state index in [4.69, 9.17) is 9.15 Å². The van der Waals surface area contributed by atoms with Crippen molar-refractivity contribution in [3.63, 3.8) is 0 Å². The van der Waals surface area contributed by atoms with Gasteiger partial charge in [0, 0.05) is 39.4 Å². The fourth-order valence-corrected chi connectivity index (χ4v) is 3.46. The third kappa shape index (κ3) is 3.70. The summed E-state index contributed by atoms with van der Waals surface area (Å²) in [6.07, 6.45) is 6.41. The molecule has 2 saturated heterocycles. The molecule has 0 spiro atoms. The van der Waals surface area contributed by atoms with E-state index in [1.54, 1.807) is 12.3 Å². The highest BCUT2D eigenvalue weighted by Crippen LogP contribution is 2.31. The smallest absolute Gasteiger partial charge is 0.257 e. The Morgan fingerprint density at radius 1 is 1.23 bits per heavy atom. The van der Waals surface area contributed by atoms with Crippen LogP contribution in [-0.4, -0.2) is 61.6 Å². The first-order valence-electron chi connectivity index (χ1n) is 8.28. The number of ether oxygens (including phenoxy) is 1. The SMILES string of the molecule is CC1(CN2CCCN(C(=O)c3ccoc3)CC2)CCOCC1. The first-order chi connectivity index (χ1) is 10.7. The highest BCUT2D eigenvalue weighted by molar-refractivity contribution is 5.93. The van der Waals surface area contributed by atoms with Gasteiger partial charge in [0.05, 0.1) is 11.8 Å². The van der Waals surface area contributed by atoms with Crippen molar-refractivity contribution in [1.29, 1.82) is 0 Å². The molecule has 3 heterocycles. The lowest BCUT2D eigenvalue weighted by Gasteiger charge is -2.38. The van der Waals surface area contributed by atoms with Crippen molar-refractivity contribution in [2.45, 2.75) is 26.2 Å². The molecule has 0 aromatic carbocycles. The van der Waals surface area contributed by atoms with Gasteiger partial charge in [-0.1, -0.05) is 6.92 Å². The molecule has 5 nitrogen and oxygen atoms in total. The van der Waals surface area contributed by atoms with Gasteiger partial charge in [-0.05, 0) is 37.3 Å². The molecule has 0 atom stereocenters. The summed E-state index contributed by atoms with van der Waals surface area (Å²) < 4.78 is 10.5. The summed E-state index contributed by atoms with van der Waals surface area (Å²) in [5, 5.41) is 0. The lowest BCUT2D eigenvalue weighted by molar-refractivity contribution is 0.00570. The number of furan rings is 1.